The monoisotopic (exact) mass is 195 g/mol. The molecule has 2 heteroatoms. The lowest BCUT2D eigenvalue weighted by molar-refractivity contribution is 0.760. The molecule has 0 amide bonds. The van der Waals surface area contributed by atoms with Gasteiger partial charge in [0.05, 0.1) is 0 Å². The Labute approximate surface area is 84.4 Å². The average Bonchev–Trinajstić information content (AvgIpc) is 2.19. The Morgan fingerprint density at radius 3 is 2.85 bits per heavy atom. The summed E-state index contributed by atoms with van der Waals surface area (Å²) in [6.45, 7) is 5.35. The maximum atomic E-state index is 5.72. The zero-order valence-corrected chi connectivity index (χ0v) is 8.35. The molecule has 0 atom stereocenters. The third-order valence-corrected chi connectivity index (χ3v) is 2.07. The molecule has 0 aliphatic carbocycles. The lowest BCUT2D eigenvalue weighted by atomic mass is 10.1. The summed E-state index contributed by atoms with van der Waals surface area (Å²) in [7, 11) is 0. The topological polar surface area (TPSA) is 12.0 Å². The van der Waals surface area contributed by atoms with Crippen LogP contribution in [0.25, 0.3) is 0 Å². The van der Waals surface area contributed by atoms with E-state index in [2.05, 4.69) is 24.0 Å². The van der Waals surface area contributed by atoms with Gasteiger partial charge < -0.3 is 5.32 Å². The molecule has 0 fully saturated rings. The Hall–Kier alpha value is -0.790. The fourth-order valence-corrected chi connectivity index (χ4v) is 1.31. The van der Waals surface area contributed by atoms with Gasteiger partial charge in [-0.15, -0.1) is 18.2 Å². The second-order valence-corrected chi connectivity index (χ2v) is 3.14. The quantitative estimate of drug-likeness (QED) is 0.433. The van der Waals surface area contributed by atoms with Gasteiger partial charge in [0.1, 0.15) is 0 Å². The van der Waals surface area contributed by atoms with Gasteiger partial charge in [0.15, 0.2) is 0 Å². The van der Waals surface area contributed by atoms with Crippen LogP contribution in [-0.2, 0) is 12.4 Å². The molecule has 1 nitrogen and oxygen atoms in total. The van der Waals surface area contributed by atoms with Crippen LogP contribution in [0, 0.1) is 0 Å². The van der Waals surface area contributed by atoms with E-state index in [1.807, 2.05) is 18.2 Å². The fourth-order valence-electron chi connectivity index (χ4n) is 1.14. The number of hydrogen-bond donors (Lipinski definition) is 1. The van der Waals surface area contributed by atoms with E-state index < -0.39 is 0 Å². The molecular weight excluding hydrogens is 182 g/mol. The number of hydrogen-bond acceptors (Lipinski definition) is 1. The highest BCUT2D eigenvalue weighted by Gasteiger charge is 1.93. The molecule has 13 heavy (non-hydrogen) atoms. The van der Waals surface area contributed by atoms with Crippen LogP contribution in [0.2, 0.25) is 0 Å². The van der Waals surface area contributed by atoms with Crippen molar-refractivity contribution in [1.82, 2.24) is 5.32 Å². The molecule has 0 spiro atoms. The van der Waals surface area contributed by atoms with E-state index in [9.17, 15) is 0 Å². The van der Waals surface area contributed by atoms with Gasteiger partial charge in [0, 0.05) is 19.0 Å². The standard InChI is InChI=1S/C11H14ClN/c1-2-6-13-9-11-5-3-4-10(7-11)8-12/h2-5,7,13H,1,6,8-9H2. The minimum absolute atomic E-state index is 0.579. The van der Waals surface area contributed by atoms with Gasteiger partial charge in [-0.3, -0.25) is 0 Å². The number of halogens is 1. The van der Waals surface area contributed by atoms with Gasteiger partial charge in [-0.25, -0.2) is 0 Å². The first-order chi connectivity index (χ1) is 6.36. The summed E-state index contributed by atoms with van der Waals surface area (Å²) in [5.41, 5.74) is 2.43. The lowest BCUT2D eigenvalue weighted by Gasteiger charge is -2.03. The largest absolute Gasteiger partial charge is 0.309 e. The predicted octanol–water partition coefficient (Wildman–Crippen LogP) is 2.70. The molecule has 70 valence electrons. The van der Waals surface area contributed by atoms with Gasteiger partial charge in [-0.05, 0) is 11.1 Å². The summed E-state index contributed by atoms with van der Waals surface area (Å²) in [4.78, 5) is 0. The first-order valence-corrected chi connectivity index (χ1v) is 4.85. The molecule has 0 aromatic heterocycles. The number of benzene rings is 1. The van der Waals surface area contributed by atoms with Crippen molar-refractivity contribution in [2.24, 2.45) is 0 Å². The summed E-state index contributed by atoms with van der Waals surface area (Å²) in [6.07, 6.45) is 1.85. The first kappa shape index (κ1) is 10.3. The van der Waals surface area contributed by atoms with Crippen LogP contribution in [-0.4, -0.2) is 6.54 Å². The molecule has 0 saturated carbocycles. The smallest absolute Gasteiger partial charge is 0.0474 e. The molecular formula is C11H14ClN. The Morgan fingerprint density at radius 2 is 2.15 bits per heavy atom. The molecule has 1 aromatic carbocycles. The van der Waals surface area contributed by atoms with Crippen LogP contribution < -0.4 is 5.32 Å². The molecule has 0 heterocycles. The van der Waals surface area contributed by atoms with Crippen molar-refractivity contribution >= 4 is 11.6 Å². The average molecular weight is 196 g/mol. The number of nitrogens with one attached hydrogen (secondary N) is 1. The van der Waals surface area contributed by atoms with Crippen LogP contribution in [0.15, 0.2) is 36.9 Å². The van der Waals surface area contributed by atoms with Crippen LogP contribution >= 0.6 is 11.6 Å². The Kier molecular flexibility index (Phi) is 4.58. The van der Waals surface area contributed by atoms with Gasteiger partial charge in [0.2, 0.25) is 0 Å². The summed E-state index contributed by atoms with van der Waals surface area (Å²) in [5.74, 6) is 0.579. The van der Waals surface area contributed by atoms with Crippen LogP contribution in [0.1, 0.15) is 11.1 Å². The molecule has 0 saturated heterocycles. The van der Waals surface area contributed by atoms with Crippen molar-refractivity contribution in [2.45, 2.75) is 12.4 Å². The molecule has 0 aliphatic heterocycles. The third-order valence-electron chi connectivity index (χ3n) is 1.76. The molecule has 0 radical (unpaired) electrons. The minimum Gasteiger partial charge on any atom is -0.309 e. The van der Waals surface area contributed by atoms with Crippen LogP contribution in [0.5, 0.6) is 0 Å². The predicted molar refractivity (Wildman–Crippen MR) is 57.9 cm³/mol. The zero-order chi connectivity index (χ0) is 9.52. The van der Waals surface area contributed by atoms with E-state index in [1.54, 1.807) is 0 Å². The summed E-state index contributed by atoms with van der Waals surface area (Å²) >= 11 is 5.72. The minimum atomic E-state index is 0.579. The van der Waals surface area contributed by atoms with E-state index in [1.165, 1.54) is 11.1 Å². The second-order valence-electron chi connectivity index (χ2n) is 2.87. The van der Waals surface area contributed by atoms with Crippen molar-refractivity contribution in [1.29, 1.82) is 0 Å². The first-order valence-electron chi connectivity index (χ1n) is 4.32. The molecule has 0 bridgehead atoms. The zero-order valence-electron chi connectivity index (χ0n) is 7.59. The Bertz CT molecular complexity index is 271. The second kappa shape index (κ2) is 5.79. The molecule has 1 aromatic rings. The third kappa shape index (κ3) is 3.62. The van der Waals surface area contributed by atoms with Crippen molar-refractivity contribution in [2.75, 3.05) is 6.54 Å². The van der Waals surface area contributed by atoms with Crippen molar-refractivity contribution in [3.8, 4) is 0 Å². The van der Waals surface area contributed by atoms with E-state index in [0.29, 0.717) is 5.88 Å². The molecule has 0 unspecified atom stereocenters. The molecule has 0 aliphatic rings. The van der Waals surface area contributed by atoms with Crippen molar-refractivity contribution in [3.05, 3.63) is 48.0 Å². The number of rotatable bonds is 5. The summed E-state index contributed by atoms with van der Waals surface area (Å²) < 4.78 is 0. The van der Waals surface area contributed by atoms with Crippen molar-refractivity contribution < 1.29 is 0 Å². The summed E-state index contributed by atoms with van der Waals surface area (Å²) in [5, 5.41) is 3.24. The fraction of sp³-hybridized carbons (Fsp3) is 0.273. The van der Waals surface area contributed by atoms with E-state index in [4.69, 9.17) is 11.6 Å². The van der Waals surface area contributed by atoms with Gasteiger partial charge in [-0.1, -0.05) is 30.3 Å². The van der Waals surface area contributed by atoms with Crippen molar-refractivity contribution in [3.63, 3.8) is 0 Å². The molecule has 1 rings (SSSR count). The van der Waals surface area contributed by atoms with Crippen LogP contribution in [0.3, 0.4) is 0 Å². The SMILES string of the molecule is C=CCNCc1cccc(CCl)c1. The van der Waals surface area contributed by atoms with E-state index >= 15 is 0 Å². The van der Waals surface area contributed by atoms with Gasteiger partial charge in [-0.2, -0.15) is 0 Å². The molecule has 1 N–H and O–H groups in total. The highest BCUT2D eigenvalue weighted by atomic mass is 35.5. The van der Waals surface area contributed by atoms with Gasteiger partial charge >= 0.3 is 0 Å². The normalized spacial score (nSPS) is 9.92. The van der Waals surface area contributed by atoms with Gasteiger partial charge in [0.25, 0.3) is 0 Å². The highest BCUT2D eigenvalue weighted by Crippen LogP contribution is 2.07. The highest BCUT2D eigenvalue weighted by molar-refractivity contribution is 6.17. The maximum Gasteiger partial charge on any atom is 0.0474 e. The number of alkyl halides is 1. The Morgan fingerprint density at radius 1 is 1.38 bits per heavy atom. The van der Waals surface area contributed by atoms with Crippen LogP contribution in [0.4, 0.5) is 0 Å². The van der Waals surface area contributed by atoms with E-state index in [0.717, 1.165) is 13.1 Å². The van der Waals surface area contributed by atoms with E-state index in [-0.39, 0.29) is 0 Å². The lowest BCUT2D eigenvalue weighted by Crippen LogP contribution is -2.12. The Balaban J connectivity index is 2.50. The maximum absolute atomic E-state index is 5.72. The summed E-state index contributed by atoms with van der Waals surface area (Å²) in [6, 6.07) is 8.27.